The minimum atomic E-state index is 0.0445. The van der Waals surface area contributed by atoms with E-state index >= 15 is 0 Å². The third-order valence-electron chi connectivity index (χ3n) is 4.32. The summed E-state index contributed by atoms with van der Waals surface area (Å²) in [7, 11) is 1.89. The van der Waals surface area contributed by atoms with Crippen LogP contribution in [0.25, 0.3) is 0 Å². The standard InChI is InChI=1S/C16H24N2O2/c1-4-18-9-7-14(8-10-18)17(3)16(20)13-5-6-15(19)12(2)11-13/h5-6,11,14,19H,4,7-10H2,1-3H3. The number of nitrogens with zero attached hydrogens (tertiary/aromatic N) is 2. The van der Waals surface area contributed by atoms with Gasteiger partial charge in [0.2, 0.25) is 0 Å². The van der Waals surface area contributed by atoms with Crippen LogP contribution in [0.2, 0.25) is 0 Å². The molecule has 1 aliphatic heterocycles. The molecule has 4 nitrogen and oxygen atoms in total. The summed E-state index contributed by atoms with van der Waals surface area (Å²) in [5, 5.41) is 9.54. The van der Waals surface area contributed by atoms with E-state index in [2.05, 4.69) is 11.8 Å². The van der Waals surface area contributed by atoms with Crippen molar-refractivity contribution in [3.05, 3.63) is 29.3 Å². The number of rotatable bonds is 3. The molecule has 0 aliphatic carbocycles. The number of carbonyl (C=O) groups is 1. The fourth-order valence-corrected chi connectivity index (χ4v) is 2.78. The largest absolute Gasteiger partial charge is 0.508 e. The molecule has 20 heavy (non-hydrogen) atoms. The molecule has 1 aromatic rings. The number of benzene rings is 1. The second-order valence-electron chi connectivity index (χ2n) is 5.58. The number of aryl methyl sites for hydroxylation is 1. The van der Waals surface area contributed by atoms with E-state index < -0.39 is 0 Å². The van der Waals surface area contributed by atoms with E-state index in [1.807, 2.05) is 18.9 Å². The lowest BCUT2D eigenvalue weighted by atomic mass is 10.0. The van der Waals surface area contributed by atoms with Crippen molar-refractivity contribution in [3.63, 3.8) is 0 Å². The van der Waals surface area contributed by atoms with Crippen molar-refractivity contribution in [2.24, 2.45) is 0 Å². The molecule has 110 valence electrons. The van der Waals surface area contributed by atoms with Gasteiger partial charge in [-0.05, 0) is 50.1 Å². The molecule has 1 aromatic carbocycles. The lowest BCUT2D eigenvalue weighted by molar-refractivity contribution is 0.0647. The van der Waals surface area contributed by atoms with Gasteiger partial charge in [-0.25, -0.2) is 0 Å². The maximum Gasteiger partial charge on any atom is 0.253 e. The Labute approximate surface area is 121 Å². The van der Waals surface area contributed by atoms with Crippen LogP contribution in [0.4, 0.5) is 0 Å². The topological polar surface area (TPSA) is 43.8 Å². The fraction of sp³-hybridized carbons (Fsp3) is 0.562. The molecule has 0 aromatic heterocycles. The van der Waals surface area contributed by atoms with E-state index in [-0.39, 0.29) is 11.7 Å². The highest BCUT2D eigenvalue weighted by atomic mass is 16.3. The summed E-state index contributed by atoms with van der Waals surface area (Å²) in [4.78, 5) is 16.8. The number of hydrogen-bond donors (Lipinski definition) is 1. The minimum Gasteiger partial charge on any atom is -0.508 e. The maximum atomic E-state index is 12.5. The Morgan fingerprint density at radius 3 is 2.60 bits per heavy atom. The molecule has 1 saturated heterocycles. The van der Waals surface area contributed by atoms with E-state index in [4.69, 9.17) is 0 Å². The number of phenolic OH excluding ortho intramolecular Hbond substituents is 1. The first-order valence-corrected chi connectivity index (χ1v) is 7.32. The zero-order chi connectivity index (χ0) is 14.7. The Kier molecular flexibility index (Phi) is 4.65. The van der Waals surface area contributed by atoms with Crippen LogP contribution in [0.3, 0.4) is 0 Å². The molecule has 1 fully saturated rings. The summed E-state index contributed by atoms with van der Waals surface area (Å²) in [6, 6.07) is 5.37. The van der Waals surface area contributed by atoms with E-state index in [1.165, 1.54) is 0 Å². The van der Waals surface area contributed by atoms with Crippen molar-refractivity contribution in [1.82, 2.24) is 9.80 Å². The summed E-state index contributed by atoms with van der Waals surface area (Å²) < 4.78 is 0. The van der Waals surface area contributed by atoms with E-state index in [9.17, 15) is 9.90 Å². The highest BCUT2D eigenvalue weighted by molar-refractivity contribution is 5.94. The Bertz CT molecular complexity index is 479. The van der Waals surface area contributed by atoms with Gasteiger partial charge in [0.05, 0.1) is 0 Å². The third kappa shape index (κ3) is 3.12. The van der Waals surface area contributed by atoms with Crippen molar-refractivity contribution < 1.29 is 9.90 Å². The first-order valence-electron chi connectivity index (χ1n) is 7.32. The van der Waals surface area contributed by atoms with Crippen LogP contribution in [0.5, 0.6) is 5.75 Å². The highest BCUT2D eigenvalue weighted by Crippen LogP contribution is 2.21. The molecular formula is C16H24N2O2. The van der Waals surface area contributed by atoms with E-state index in [0.717, 1.165) is 38.0 Å². The number of piperidine rings is 1. The SMILES string of the molecule is CCN1CCC(N(C)C(=O)c2ccc(O)c(C)c2)CC1. The summed E-state index contributed by atoms with van der Waals surface area (Å²) >= 11 is 0. The third-order valence-corrected chi connectivity index (χ3v) is 4.32. The molecular weight excluding hydrogens is 252 g/mol. The first kappa shape index (κ1) is 14.9. The summed E-state index contributed by atoms with van der Waals surface area (Å²) in [5.41, 5.74) is 1.39. The van der Waals surface area contributed by atoms with Crippen LogP contribution in [0, 0.1) is 6.92 Å². The summed E-state index contributed by atoms with van der Waals surface area (Å²) in [6.07, 6.45) is 2.07. The quantitative estimate of drug-likeness (QED) is 0.921. The van der Waals surface area contributed by atoms with Crippen LogP contribution >= 0.6 is 0 Å². The van der Waals surface area contributed by atoms with Gasteiger partial charge in [0, 0.05) is 31.7 Å². The van der Waals surface area contributed by atoms with Gasteiger partial charge in [0.1, 0.15) is 5.75 Å². The Balaban J connectivity index is 2.03. The Hall–Kier alpha value is -1.55. The molecule has 0 saturated carbocycles. The van der Waals surface area contributed by atoms with Crippen molar-refractivity contribution in [3.8, 4) is 5.75 Å². The Morgan fingerprint density at radius 1 is 1.40 bits per heavy atom. The second kappa shape index (κ2) is 6.27. The fourth-order valence-electron chi connectivity index (χ4n) is 2.78. The zero-order valence-corrected chi connectivity index (χ0v) is 12.6. The van der Waals surface area contributed by atoms with Gasteiger partial charge in [-0.2, -0.15) is 0 Å². The van der Waals surface area contributed by atoms with Crippen molar-refractivity contribution in [2.45, 2.75) is 32.7 Å². The second-order valence-corrected chi connectivity index (χ2v) is 5.58. The normalized spacial score (nSPS) is 17.1. The lowest BCUT2D eigenvalue weighted by Gasteiger charge is -2.36. The van der Waals surface area contributed by atoms with Gasteiger partial charge < -0.3 is 14.9 Å². The molecule has 0 atom stereocenters. The van der Waals surface area contributed by atoms with Crippen LogP contribution in [0.15, 0.2) is 18.2 Å². The average molecular weight is 276 g/mol. The van der Waals surface area contributed by atoms with Gasteiger partial charge in [-0.1, -0.05) is 6.92 Å². The zero-order valence-electron chi connectivity index (χ0n) is 12.6. The van der Waals surface area contributed by atoms with Crippen LogP contribution in [0.1, 0.15) is 35.7 Å². The molecule has 0 unspecified atom stereocenters. The molecule has 0 radical (unpaired) electrons. The van der Waals surface area contributed by atoms with Gasteiger partial charge >= 0.3 is 0 Å². The van der Waals surface area contributed by atoms with Gasteiger partial charge in [0.25, 0.3) is 5.91 Å². The molecule has 1 amide bonds. The predicted octanol–water partition coefficient (Wildman–Crippen LogP) is 2.26. The van der Waals surface area contributed by atoms with E-state index in [0.29, 0.717) is 11.6 Å². The molecule has 1 heterocycles. The number of amides is 1. The van der Waals surface area contributed by atoms with Crippen LogP contribution in [-0.4, -0.2) is 53.5 Å². The van der Waals surface area contributed by atoms with Gasteiger partial charge in [0.15, 0.2) is 0 Å². The first-order chi connectivity index (χ1) is 9.52. The number of carbonyl (C=O) groups excluding carboxylic acids is 1. The molecule has 1 N–H and O–H groups in total. The van der Waals surface area contributed by atoms with Gasteiger partial charge in [-0.15, -0.1) is 0 Å². The smallest absolute Gasteiger partial charge is 0.253 e. The number of likely N-dealkylation sites (tertiary alicyclic amines) is 1. The lowest BCUT2D eigenvalue weighted by Crippen LogP contribution is -2.45. The molecule has 0 spiro atoms. The van der Waals surface area contributed by atoms with Crippen molar-refractivity contribution in [2.75, 3.05) is 26.7 Å². The van der Waals surface area contributed by atoms with Crippen molar-refractivity contribution >= 4 is 5.91 Å². The molecule has 2 rings (SSSR count). The summed E-state index contributed by atoms with van der Waals surface area (Å²) in [6.45, 7) is 7.20. The minimum absolute atomic E-state index is 0.0445. The number of aromatic hydroxyl groups is 1. The maximum absolute atomic E-state index is 12.5. The number of hydrogen-bond acceptors (Lipinski definition) is 3. The van der Waals surface area contributed by atoms with E-state index in [1.54, 1.807) is 18.2 Å². The predicted molar refractivity (Wildman–Crippen MR) is 80.1 cm³/mol. The van der Waals surface area contributed by atoms with Crippen LogP contribution < -0.4 is 0 Å². The summed E-state index contributed by atoms with van der Waals surface area (Å²) in [5.74, 6) is 0.281. The average Bonchev–Trinajstić information content (AvgIpc) is 2.48. The molecule has 1 aliphatic rings. The molecule has 4 heteroatoms. The highest BCUT2D eigenvalue weighted by Gasteiger charge is 2.25. The van der Waals surface area contributed by atoms with Crippen LogP contribution in [-0.2, 0) is 0 Å². The molecule has 0 bridgehead atoms. The Morgan fingerprint density at radius 2 is 2.05 bits per heavy atom. The van der Waals surface area contributed by atoms with Crippen molar-refractivity contribution in [1.29, 1.82) is 0 Å². The monoisotopic (exact) mass is 276 g/mol. The number of phenols is 1. The van der Waals surface area contributed by atoms with Gasteiger partial charge in [-0.3, -0.25) is 4.79 Å².